The summed E-state index contributed by atoms with van der Waals surface area (Å²) in [5, 5.41) is 2.53. The zero-order valence-electron chi connectivity index (χ0n) is 31.1. The monoisotopic (exact) mass is 674 g/mol. The van der Waals surface area contributed by atoms with Crippen LogP contribution < -0.4 is 4.90 Å². The van der Waals surface area contributed by atoms with E-state index in [9.17, 15) is 0 Å². The van der Waals surface area contributed by atoms with E-state index in [4.69, 9.17) is 0 Å². The third-order valence-electron chi connectivity index (χ3n) is 10.3. The number of nitrogens with zero attached hydrogens (tertiary/aromatic N) is 2. The molecule has 0 unspecified atom stereocenters. The van der Waals surface area contributed by atoms with Gasteiger partial charge in [0.05, 0.1) is 11.0 Å². The molecule has 1 aromatic heterocycles. The summed E-state index contributed by atoms with van der Waals surface area (Å²) < 4.78 is 2.37. The van der Waals surface area contributed by atoms with Crippen LogP contribution in [0, 0.1) is 0 Å². The van der Waals surface area contributed by atoms with Crippen LogP contribution in [0.3, 0.4) is 0 Å². The number of hydrogen-bond donors (Lipinski definition) is 0. The highest BCUT2D eigenvalue weighted by atomic mass is 15.1. The molecule has 2 heteroatoms. The molecule has 0 amide bonds. The predicted octanol–water partition coefficient (Wildman–Crippen LogP) is 14.2. The van der Waals surface area contributed by atoms with E-state index in [0.29, 0.717) is 0 Å². The van der Waals surface area contributed by atoms with Gasteiger partial charge < -0.3 is 9.47 Å². The highest BCUT2D eigenvalue weighted by Crippen LogP contribution is 2.39. The zero-order valence-corrected chi connectivity index (χ0v) is 31.1. The van der Waals surface area contributed by atoms with Gasteiger partial charge in [-0.05, 0) is 117 Å². The number of fused-ring (bicyclic) bond motifs is 3. The summed E-state index contributed by atoms with van der Waals surface area (Å²) in [6, 6.07) is 62.3. The third kappa shape index (κ3) is 6.31. The Kier molecular flexibility index (Phi) is 8.35. The van der Waals surface area contributed by atoms with Crippen LogP contribution in [0.4, 0.5) is 17.1 Å². The number of para-hydroxylation sites is 2. The molecule has 0 aliphatic rings. The van der Waals surface area contributed by atoms with Crippen molar-refractivity contribution in [3.8, 4) is 27.9 Å². The van der Waals surface area contributed by atoms with E-state index >= 15 is 0 Å². The molecule has 52 heavy (non-hydrogen) atoms. The SMILES string of the molecule is CC(C)(C)c1ccc(N(c2ccc(-c3cccc(-c4ccc5c(c4)c4ccccc4n5-c4ccccc4)c3)cc2)c2ccc(C(C)(C)C)cc2)cc1. The highest BCUT2D eigenvalue weighted by molar-refractivity contribution is 6.10. The summed E-state index contributed by atoms with van der Waals surface area (Å²) in [6.45, 7) is 13.6. The normalized spacial score (nSPS) is 12.0. The highest BCUT2D eigenvalue weighted by Gasteiger charge is 2.19. The van der Waals surface area contributed by atoms with E-state index in [-0.39, 0.29) is 10.8 Å². The molecule has 0 aliphatic carbocycles. The molecule has 0 saturated carbocycles. The number of aromatic nitrogens is 1. The number of benzene rings is 7. The Morgan fingerprint density at radius 1 is 0.365 bits per heavy atom. The predicted molar refractivity (Wildman–Crippen MR) is 224 cm³/mol. The van der Waals surface area contributed by atoms with Gasteiger partial charge >= 0.3 is 0 Å². The van der Waals surface area contributed by atoms with Crippen molar-refractivity contribution in [3.05, 3.63) is 181 Å². The van der Waals surface area contributed by atoms with E-state index in [2.05, 4.69) is 221 Å². The minimum Gasteiger partial charge on any atom is -0.311 e. The summed E-state index contributed by atoms with van der Waals surface area (Å²) in [5.74, 6) is 0. The molecular formula is C50H46N2. The molecule has 0 spiro atoms. The summed E-state index contributed by atoms with van der Waals surface area (Å²) in [4.78, 5) is 2.36. The quantitative estimate of drug-likeness (QED) is 0.170. The maximum absolute atomic E-state index is 2.37. The molecule has 0 aliphatic heterocycles. The van der Waals surface area contributed by atoms with Crippen molar-refractivity contribution < 1.29 is 0 Å². The minimum absolute atomic E-state index is 0.0979. The van der Waals surface area contributed by atoms with Crippen molar-refractivity contribution >= 4 is 38.9 Å². The fraction of sp³-hybridized carbons (Fsp3) is 0.160. The number of anilines is 3. The van der Waals surface area contributed by atoms with Crippen LogP contribution in [-0.2, 0) is 10.8 Å². The minimum atomic E-state index is 0.0979. The molecule has 0 bridgehead atoms. The van der Waals surface area contributed by atoms with Gasteiger partial charge in [0, 0.05) is 33.5 Å². The van der Waals surface area contributed by atoms with Crippen LogP contribution >= 0.6 is 0 Å². The Bertz CT molecular complexity index is 2430. The lowest BCUT2D eigenvalue weighted by Crippen LogP contribution is -2.14. The number of rotatable bonds is 6. The van der Waals surface area contributed by atoms with Gasteiger partial charge in [-0.3, -0.25) is 0 Å². The summed E-state index contributed by atoms with van der Waals surface area (Å²) in [7, 11) is 0. The van der Waals surface area contributed by atoms with E-state index in [1.165, 1.54) is 60.9 Å². The smallest absolute Gasteiger partial charge is 0.0541 e. The first kappa shape index (κ1) is 33.3. The molecule has 1 heterocycles. The summed E-state index contributed by atoms with van der Waals surface area (Å²) in [5.41, 5.74) is 14.7. The van der Waals surface area contributed by atoms with Crippen LogP contribution in [0.5, 0.6) is 0 Å². The molecule has 8 rings (SSSR count). The molecular weight excluding hydrogens is 629 g/mol. The summed E-state index contributed by atoms with van der Waals surface area (Å²) >= 11 is 0. The Labute approximate surface area is 308 Å². The lowest BCUT2D eigenvalue weighted by Gasteiger charge is -2.28. The van der Waals surface area contributed by atoms with Crippen molar-refractivity contribution in [3.63, 3.8) is 0 Å². The second-order valence-corrected chi connectivity index (χ2v) is 16.0. The molecule has 0 N–H and O–H groups in total. The maximum atomic E-state index is 2.37. The lowest BCUT2D eigenvalue weighted by molar-refractivity contribution is 0.590. The average molecular weight is 675 g/mol. The van der Waals surface area contributed by atoms with Crippen molar-refractivity contribution in [1.29, 1.82) is 0 Å². The van der Waals surface area contributed by atoms with Gasteiger partial charge in [0.25, 0.3) is 0 Å². The molecule has 256 valence electrons. The Morgan fingerprint density at radius 2 is 0.827 bits per heavy atom. The van der Waals surface area contributed by atoms with E-state index in [1.807, 2.05) is 0 Å². The maximum Gasteiger partial charge on any atom is 0.0541 e. The molecule has 0 radical (unpaired) electrons. The number of hydrogen-bond acceptors (Lipinski definition) is 1. The largest absolute Gasteiger partial charge is 0.311 e. The molecule has 0 fully saturated rings. The molecule has 8 aromatic rings. The van der Waals surface area contributed by atoms with Crippen molar-refractivity contribution in [2.75, 3.05) is 4.90 Å². The van der Waals surface area contributed by atoms with Gasteiger partial charge in [-0.2, -0.15) is 0 Å². The van der Waals surface area contributed by atoms with Gasteiger partial charge in [-0.15, -0.1) is 0 Å². The van der Waals surface area contributed by atoms with Crippen molar-refractivity contribution in [1.82, 2.24) is 4.57 Å². The Balaban J connectivity index is 1.15. The molecule has 7 aromatic carbocycles. The first-order chi connectivity index (χ1) is 25.0. The van der Waals surface area contributed by atoms with Crippen LogP contribution in [0.25, 0.3) is 49.7 Å². The fourth-order valence-corrected chi connectivity index (χ4v) is 7.36. The van der Waals surface area contributed by atoms with E-state index in [1.54, 1.807) is 0 Å². The van der Waals surface area contributed by atoms with Gasteiger partial charge in [-0.25, -0.2) is 0 Å². The van der Waals surface area contributed by atoms with Gasteiger partial charge in [0.2, 0.25) is 0 Å². The van der Waals surface area contributed by atoms with Gasteiger partial charge in [-0.1, -0.05) is 139 Å². The van der Waals surface area contributed by atoms with E-state index in [0.717, 1.165) is 17.1 Å². The topological polar surface area (TPSA) is 8.17 Å². The van der Waals surface area contributed by atoms with Crippen LogP contribution in [0.1, 0.15) is 52.7 Å². The Hall–Kier alpha value is -5.86. The summed E-state index contributed by atoms with van der Waals surface area (Å²) in [6.07, 6.45) is 0. The fourth-order valence-electron chi connectivity index (χ4n) is 7.36. The first-order valence-electron chi connectivity index (χ1n) is 18.4. The standard InChI is InChI=1S/C50H46N2/c1-49(2,3)39-22-28-43(29-23-39)51(44-30-24-40(25-31-44)50(4,5)6)42-26-19-35(20-27-42)36-13-12-14-37(33-36)38-21-32-48-46(34-38)45-17-10-11-18-47(45)52(48)41-15-8-7-9-16-41/h7-34H,1-6H3. The van der Waals surface area contributed by atoms with Gasteiger partial charge in [0.1, 0.15) is 0 Å². The molecule has 0 saturated heterocycles. The second-order valence-electron chi connectivity index (χ2n) is 16.0. The van der Waals surface area contributed by atoms with Crippen molar-refractivity contribution in [2.45, 2.75) is 52.4 Å². The Morgan fingerprint density at radius 3 is 1.40 bits per heavy atom. The molecule has 2 nitrogen and oxygen atoms in total. The van der Waals surface area contributed by atoms with Crippen molar-refractivity contribution in [2.24, 2.45) is 0 Å². The van der Waals surface area contributed by atoms with Crippen LogP contribution in [0.15, 0.2) is 170 Å². The second kappa shape index (κ2) is 13.0. The third-order valence-corrected chi connectivity index (χ3v) is 10.3. The first-order valence-corrected chi connectivity index (χ1v) is 18.4. The lowest BCUT2D eigenvalue weighted by atomic mass is 9.86. The van der Waals surface area contributed by atoms with E-state index < -0.39 is 0 Å². The van der Waals surface area contributed by atoms with Crippen LogP contribution in [-0.4, -0.2) is 4.57 Å². The van der Waals surface area contributed by atoms with Crippen LogP contribution in [0.2, 0.25) is 0 Å². The zero-order chi connectivity index (χ0) is 36.0. The average Bonchev–Trinajstić information content (AvgIpc) is 3.49. The van der Waals surface area contributed by atoms with Gasteiger partial charge in [0.15, 0.2) is 0 Å². The molecule has 0 atom stereocenters.